The number of aromatic amines is 1. The Morgan fingerprint density at radius 3 is 2.57 bits per heavy atom. The van der Waals surface area contributed by atoms with Gasteiger partial charge >= 0.3 is 0 Å². The summed E-state index contributed by atoms with van der Waals surface area (Å²) in [6, 6.07) is 12.5. The predicted molar refractivity (Wildman–Crippen MR) is 105 cm³/mol. The number of pyridine rings is 1. The molecule has 9 heteroatoms. The molecule has 0 saturated heterocycles. The molecule has 0 radical (unpaired) electrons. The minimum absolute atomic E-state index is 0.0667. The van der Waals surface area contributed by atoms with Gasteiger partial charge < -0.3 is 15.6 Å². The summed E-state index contributed by atoms with van der Waals surface area (Å²) >= 11 is 0. The number of hydrogen-bond donors (Lipinski definition) is 3. The van der Waals surface area contributed by atoms with Gasteiger partial charge in [0, 0.05) is 29.0 Å². The first-order valence-electron chi connectivity index (χ1n) is 8.24. The summed E-state index contributed by atoms with van der Waals surface area (Å²) in [6.45, 7) is -0.381. The molecule has 0 aliphatic heterocycles. The van der Waals surface area contributed by atoms with E-state index in [4.69, 9.17) is 0 Å². The molecule has 0 saturated carbocycles. The zero-order chi connectivity index (χ0) is 20.3. The van der Waals surface area contributed by atoms with Crippen LogP contribution in [0.3, 0.4) is 0 Å². The van der Waals surface area contributed by atoms with Crippen LogP contribution in [0.15, 0.2) is 64.4 Å². The number of amides is 2. The number of H-pyrrole nitrogens is 1. The fourth-order valence-corrected chi connectivity index (χ4v) is 3.27. The van der Waals surface area contributed by atoms with E-state index in [1.807, 2.05) is 0 Å². The first-order chi connectivity index (χ1) is 13.3. The Balaban J connectivity index is 1.68. The number of benzene rings is 2. The molecule has 0 bridgehead atoms. The molecule has 144 valence electrons. The second-order valence-electron chi connectivity index (χ2n) is 6.11. The van der Waals surface area contributed by atoms with Gasteiger partial charge in [0.05, 0.1) is 11.4 Å². The van der Waals surface area contributed by atoms with Gasteiger partial charge in [-0.05, 0) is 30.3 Å². The number of carbonyl (C=O) groups is 2. The maximum atomic E-state index is 12.4. The number of aromatic nitrogens is 1. The van der Waals surface area contributed by atoms with E-state index in [1.54, 1.807) is 24.3 Å². The van der Waals surface area contributed by atoms with Crippen molar-refractivity contribution in [2.24, 2.45) is 0 Å². The average Bonchev–Trinajstić information content (AvgIpc) is 2.66. The van der Waals surface area contributed by atoms with Crippen molar-refractivity contribution in [2.75, 3.05) is 18.1 Å². The second-order valence-corrected chi connectivity index (χ2v) is 8.12. The van der Waals surface area contributed by atoms with E-state index < -0.39 is 27.1 Å². The number of hydrogen-bond acceptors (Lipinski definition) is 5. The molecule has 2 amide bonds. The Morgan fingerprint density at radius 1 is 1.07 bits per heavy atom. The molecule has 3 aromatic rings. The molecule has 28 heavy (non-hydrogen) atoms. The summed E-state index contributed by atoms with van der Waals surface area (Å²) in [5.41, 5.74) is 0.344. The molecule has 0 unspecified atom stereocenters. The standard InChI is InChI=1S/C19H17N3O5S/c1-28(26,27)13-6-4-5-12(9-13)22-17(23)11-21-19(25)15-10-20-16-8-3-2-7-14(16)18(15)24/h2-10H,11H2,1H3,(H,20,24)(H,21,25)(H,22,23). The maximum absolute atomic E-state index is 12.4. The highest BCUT2D eigenvalue weighted by Gasteiger charge is 2.14. The largest absolute Gasteiger partial charge is 0.360 e. The molecule has 8 nitrogen and oxygen atoms in total. The van der Waals surface area contributed by atoms with Crippen LogP contribution in [-0.2, 0) is 14.6 Å². The van der Waals surface area contributed by atoms with Gasteiger partial charge in [0.2, 0.25) is 11.3 Å². The molecule has 3 rings (SSSR count). The lowest BCUT2D eigenvalue weighted by Crippen LogP contribution is -2.35. The molecular weight excluding hydrogens is 382 g/mol. The minimum Gasteiger partial charge on any atom is -0.360 e. The Bertz CT molecular complexity index is 1230. The van der Waals surface area contributed by atoms with Crippen LogP contribution in [-0.4, -0.2) is 38.0 Å². The van der Waals surface area contributed by atoms with E-state index in [2.05, 4.69) is 15.6 Å². The van der Waals surface area contributed by atoms with Gasteiger partial charge in [-0.15, -0.1) is 0 Å². The van der Waals surface area contributed by atoms with Crippen LogP contribution in [0.5, 0.6) is 0 Å². The summed E-state index contributed by atoms with van der Waals surface area (Å²) in [5, 5.41) is 5.25. The van der Waals surface area contributed by atoms with E-state index in [-0.39, 0.29) is 22.7 Å². The molecule has 1 heterocycles. The molecule has 0 fully saturated rings. The zero-order valence-corrected chi connectivity index (χ0v) is 15.7. The highest BCUT2D eigenvalue weighted by molar-refractivity contribution is 7.90. The molecule has 0 aliphatic carbocycles. The highest BCUT2D eigenvalue weighted by Crippen LogP contribution is 2.15. The van der Waals surface area contributed by atoms with Crippen molar-refractivity contribution in [1.82, 2.24) is 10.3 Å². The van der Waals surface area contributed by atoms with Gasteiger partial charge in [0.15, 0.2) is 9.84 Å². The fourth-order valence-electron chi connectivity index (χ4n) is 2.60. The van der Waals surface area contributed by atoms with Crippen molar-refractivity contribution >= 4 is 38.2 Å². The molecule has 2 aromatic carbocycles. The van der Waals surface area contributed by atoms with E-state index >= 15 is 0 Å². The quantitative estimate of drug-likeness (QED) is 0.596. The van der Waals surface area contributed by atoms with Gasteiger partial charge in [0.25, 0.3) is 5.91 Å². The van der Waals surface area contributed by atoms with Gasteiger partial charge in [-0.3, -0.25) is 14.4 Å². The Kier molecular flexibility index (Phi) is 5.27. The third-order valence-corrected chi connectivity index (χ3v) is 5.10. The summed E-state index contributed by atoms with van der Waals surface area (Å²) in [4.78, 5) is 39.6. The second kappa shape index (κ2) is 7.65. The van der Waals surface area contributed by atoms with Gasteiger partial charge in [-0.25, -0.2) is 8.42 Å². The number of carbonyl (C=O) groups excluding carboxylic acids is 2. The minimum atomic E-state index is -3.40. The summed E-state index contributed by atoms with van der Waals surface area (Å²) in [6.07, 6.45) is 2.36. The van der Waals surface area contributed by atoms with Crippen LogP contribution in [0.4, 0.5) is 5.69 Å². The number of para-hydroxylation sites is 1. The number of sulfone groups is 1. The van der Waals surface area contributed by atoms with Crippen molar-refractivity contribution in [3.05, 3.63) is 70.5 Å². The first-order valence-corrected chi connectivity index (χ1v) is 10.1. The van der Waals surface area contributed by atoms with Crippen LogP contribution in [0, 0.1) is 0 Å². The Morgan fingerprint density at radius 2 is 1.82 bits per heavy atom. The molecule has 0 spiro atoms. The lowest BCUT2D eigenvalue weighted by Gasteiger charge is -2.08. The van der Waals surface area contributed by atoms with Crippen molar-refractivity contribution in [2.45, 2.75) is 4.90 Å². The van der Waals surface area contributed by atoms with Crippen LogP contribution in [0.1, 0.15) is 10.4 Å². The fraction of sp³-hybridized carbons (Fsp3) is 0.105. The van der Waals surface area contributed by atoms with Gasteiger partial charge in [0.1, 0.15) is 5.56 Å². The number of nitrogens with one attached hydrogen (secondary N) is 3. The van der Waals surface area contributed by atoms with Crippen LogP contribution in [0.25, 0.3) is 10.9 Å². The van der Waals surface area contributed by atoms with E-state index in [1.165, 1.54) is 30.5 Å². The lowest BCUT2D eigenvalue weighted by molar-refractivity contribution is -0.115. The van der Waals surface area contributed by atoms with Gasteiger partial charge in [-0.2, -0.15) is 0 Å². The van der Waals surface area contributed by atoms with Crippen LogP contribution < -0.4 is 16.1 Å². The predicted octanol–water partition coefficient (Wildman–Crippen LogP) is 1.30. The summed E-state index contributed by atoms with van der Waals surface area (Å²) in [7, 11) is -3.40. The summed E-state index contributed by atoms with van der Waals surface area (Å²) in [5.74, 6) is -1.25. The number of rotatable bonds is 5. The summed E-state index contributed by atoms with van der Waals surface area (Å²) < 4.78 is 23.1. The van der Waals surface area contributed by atoms with Crippen LogP contribution >= 0.6 is 0 Å². The highest BCUT2D eigenvalue weighted by atomic mass is 32.2. The van der Waals surface area contributed by atoms with E-state index in [0.29, 0.717) is 10.9 Å². The lowest BCUT2D eigenvalue weighted by atomic mass is 10.1. The van der Waals surface area contributed by atoms with Gasteiger partial charge in [-0.1, -0.05) is 18.2 Å². The van der Waals surface area contributed by atoms with Crippen molar-refractivity contribution in [3.63, 3.8) is 0 Å². The number of anilines is 1. The van der Waals surface area contributed by atoms with E-state index in [9.17, 15) is 22.8 Å². The van der Waals surface area contributed by atoms with E-state index in [0.717, 1.165) is 6.26 Å². The Hall–Kier alpha value is -3.46. The first kappa shape index (κ1) is 19.3. The Labute approximate surface area is 160 Å². The van der Waals surface area contributed by atoms with Crippen molar-refractivity contribution in [3.8, 4) is 0 Å². The average molecular weight is 399 g/mol. The number of fused-ring (bicyclic) bond motifs is 1. The van der Waals surface area contributed by atoms with Crippen molar-refractivity contribution < 1.29 is 18.0 Å². The molecular formula is C19H17N3O5S. The molecule has 0 aliphatic rings. The van der Waals surface area contributed by atoms with Crippen molar-refractivity contribution in [1.29, 1.82) is 0 Å². The van der Waals surface area contributed by atoms with Crippen LogP contribution in [0.2, 0.25) is 0 Å². The maximum Gasteiger partial charge on any atom is 0.257 e. The normalized spacial score (nSPS) is 11.2. The molecule has 3 N–H and O–H groups in total. The smallest absolute Gasteiger partial charge is 0.257 e. The monoisotopic (exact) mass is 399 g/mol. The third-order valence-electron chi connectivity index (χ3n) is 3.99. The molecule has 0 atom stereocenters. The SMILES string of the molecule is CS(=O)(=O)c1cccc(NC(=O)CNC(=O)c2c[nH]c3ccccc3c2=O)c1. The topological polar surface area (TPSA) is 125 Å². The zero-order valence-electron chi connectivity index (χ0n) is 14.9. The molecule has 1 aromatic heterocycles. The third kappa shape index (κ3) is 4.26.